The lowest BCUT2D eigenvalue weighted by Gasteiger charge is -2.07. The van der Waals surface area contributed by atoms with Crippen molar-refractivity contribution in [3.8, 4) is 5.75 Å². The van der Waals surface area contributed by atoms with Crippen molar-refractivity contribution < 1.29 is 24.2 Å². The van der Waals surface area contributed by atoms with Crippen LogP contribution in [0.1, 0.15) is 19.4 Å². The molecular formula is C14H14Br2O5. The number of halogens is 2. The molecule has 0 aliphatic heterocycles. The minimum absolute atomic E-state index is 0.0287. The van der Waals surface area contributed by atoms with E-state index < -0.39 is 11.9 Å². The van der Waals surface area contributed by atoms with Crippen LogP contribution in [0, 0.1) is 0 Å². The highest BCUT2D eigenvalue weighted by atomic mass is 79.9. The lowest BCUT2D eigenvalue weighted by molar-refractivity contribution is -0.146. The van der Waals surface area contributed by atoms with Crippen LogP contribution in [0.4, 0.5) is 0 Å². The van der Waals surface area contributed by atoms with E-state index in [2.05, 4.69) is 31.9 Å². The van der Waals surface area contributed by atoms with Crippen molar-refractivity contribution in [2.75, 3.05) is 13.2 Å². The highest BCUT2D eigenvalue weighted by Gasteiger charge is 2.21. The molecule has 0 spiro atoms. The van der Waals surface area contributed by atoms with Crippen LogP contribution in [0.3, 0.4) is 0 Å². The Balaban J connectivity index is 3.24. The average Bonchev–Trinajstić information content (AvgIpc) is 2.42. The maximum Gasteiger partial charge on any atom is 0.345 e. The first kappa shape index (κ1) is 17.7. The molecule has 0 atom stereocenters. The van der Waals surface area contributed by atoms with Crippen LogP contribution in [0.15, 0.2) is 26.7 Å². The minimum Gasteiger partial charge on any atom is -0.506 e. The van der Waals surface area contributed by atoms with E-state index >= 15 is 0 Å². The Bertz CT molecular complexity index is 538. The molecule has 0 aromatic heterocycles. The molecule has 0 aliphatic carbocycles. The van der Waals surface area contributed by atoms with Gasteiger partial charge in [0.25, 0.3) is 0 Å². The number of hydrogen-bond donors (Lipinski definition) is 1. The Hall–Kier alpha value is -1.34. The highest BCUT2D eigenvalue weighted by Crippen LogP contribution is 2.34. The van der Waals surface area contributed by atoms with Gasteiger partial charge in [0.1, 0.15) is 11.3 Å². The largest absolute Gasteiger partial charge is 0.506 e. The van der Waals surface area contributed by atoms with Crippen LogP contribution in [-0.4, -0.2) is 30.3 Å². The van der Waals surface area contributed by atoms with Crippen molar-refractivity contribution >= 4 is 49.9 Å². The summed E-state index contributed by atoms with van der Waals surface area (Å²) in [6.07, 6.45) is 1.35. The Labute approximate surface area is 139 Å². The van der Waals surface area contributed by atoms with Gasteiger partial charge in [-0.2, -0.15) is 0 Å². The molecule has 0 saturated carbocycles. The number of carbonyl (C=O) groups is 2. The summed E-state index contributed by atoms with van der Waals surface area (Å²) < 4.78 is 10.5. The third kappa shape index (κ3) is 4.86. The van der Waals surface area contributed by atoms with E-state index in [1.807, 2.05) is 0 Å². The second-order valence-electron chi connectivity index (χ2n) is 3.83. The molecule has 0 bridgehead atoms. The van der Waals surface area contributed by atoms with Crippen LogP contribution >= 0.6 is 31.9 Å². The number of phenols is 1. The van der Waals surface area contributed by atoms with E-state index in [1.54, 1.807) is 26.0 Å². The molecule has 0 radical (unpaired) electrons. The van der Waals surface area contributed by atoms with E-state index in [0.717, 1.165) is 0 Å². The Kier molecular flexibility index (Phi) is 6.91. The van der Waals surface area contributed by atoms with Crippen molar-refractivity contribution in [1.29, 1.82) is 0 Å². The zero-order chi connectivity index (χ0) is 16.0. The van der Waals surface area contributed by atoms with Gasteiger partial charge in [0.2, 0.25) is 0 Å². The summed E-state index contributed by atoms with van der Waals surface area (Å²) in [5, 5.41) is 9.65. The second-order valence-corrected chi connectivity index (χ2v) is 5.54. The van der Waals surface area contributed by atoms with Crippen LogP contribution in [0.2, 0.25) is 0 Å². The van der Waals surface area contributed by atoms with Gasteiger partial charge >= 0.3 is 11.9 Å². The van der Waals surface area contributed by atoms with Crippen LogP contribution in [-0.2, 0) is 19.1 Å². The number of hydrogen-bond acceptors (Lipinski definition) is 5. The number of benzene rings is 1. The molecule has 5 nitrogen and oxygen atoms in total. The summed E-state index contributed by atoms with van der Waals surface area (Å²) in [7, 11) is 0. The molecule has 0 saturated heterocycles. The van der Waals surface area contributed by atoms with E-state index in [9.17, 15) is 14.7 Å². The Morgan fingerprint density at radius 2 is 1.52 bits per heavy atom. The number of esters is 2. The van der Waals surface area contributed by atoms with Gasteiger partial charge in [0.15, 0.2) is 0 Å². The molecular weight excluding hydrogens is 408 g/mol. The average molecular weight is 422 g/mol. The van der Waals surface area contributed by atoms with Crippen molar-refractivity contribution in [1.82, 2.24) is 0 Å². The maximum atomic E-state index is 11.8. The van der Waals surface area contributed by atoms with Gasteiger partial charge in [-0.3, -0.25) is 0 Å². The van der Waals surface area contributed by atoms with E-state index in [1.165, 1.54) is 6.08 Å². The number of rotatable bonds is 5. The fourth-order valence-corrected chi connectivity index (χ4v) is 2.68. The van der Waals surface area contributed by atoms with Gasteiger partial charge in [0.05, 0.1) is 22.2 Å². The van der Waals surface area contributed by atoms with Crippen LogP contribution in [0.25, 0.3) is 6.08 Å². The summed E-state index contributed by atoms with van der Waals surface area (Å²) >= 11 is 6.36. The summed E-state index contributed by atoms with van der Waals surface area (Å²) in [6, 6.07) is 3.14. The van der Waals surface area contributed by atoms with Gasteiger partial charge in [-0.25, -0.2) is 9.59 Å². The molecule has 0 unspecified atom stereocenters. The Morgan fingerprint density at radius 3 is 1.90 bits per heavy atom. The first-order valence-corrected chi connectivity index (χ1v) is 7.73. The molecule has 7 heteroatoms. The first-order chi connectivity index (χ1) is 9.90. The first-order valence-electron chi connectivity index (χ1n) is 6.14. The van der Waals surface area contributed by atoms with Crippen molar-refractivity contribution in [2.24, 2.45) is 0 Å². The van der Waals surface area contributed by atoms with Gasteiger partial charge in [-0.05, 0) is 69.5 Å². The monoisotopic (exact) mass is 420 g/mol. The summed E-state index contributed by atoms with van der Waals surface area (Å²) in [6.45, 7) is 3.60. The molecule has 1 aromatic carbocycles. The third-order valence-electron chi connectivity index (χ3n) is 2.34. The predicted octanol–water partition coefficient (Wildman–Crippen LogP) is 3.43. The standard InChI is InChI=1S/C14H14Br2O5/c1-3-20-13(18)9(14(19)21-4-2)5-8-6-10(15)12(17)11(16)7-8/h5-7,17H,3-4H2,1-2H3. The third-order valence-corrected chi connectivity index (χ3v) is 3.55. The lowest BCUT2D eigenvalue weighted by Crippen LogP contribution is -2.18. The van der Waals surface area contributed by atoms with Crippen molar-refractivity contribution in [3.63, 3.8) is 0 Å². The minimum atomic E-state index is -0.753. The molecule has 0 fully saturated rings. The molecule has 1 aromatic rings. The molecule has 0 heterocycles. The smallest absolute Gasteiger partial charge is 0.345 e. The van der Waals surface area contributed by atoms with Crippen molar-refractivity contribution in [3.05, 3.63) is 32.2 Å². The van der Waals surface area contributed by atoms with E-state index in [-0.39, 0.29) is 24.5 Å². The van der Waals surface area contributed by atoms with Gasteiger partial charge in [-0.15, -0.1) is 0 Å². The SMILES string of the molecule is CCOC(=O)C(=Cc1cc(Br)c(O)c(Br)c1)C(=O)OCC. The predicted molar refractivity (Wildman–Crippen MR) is 84.7 cm³/mol. The normalized spacial score (nSPS) is 9.90. The maximum absolute atomic E-state index is 11.8. The van der Waals surface area contributed by atoms with Crippen LogP contribution < -0.4 is 0 Å². The number of phenolic OH excluding ortho intramolecular Hbond substituents is 1. The van der Waals surface area contributed by atoms with Crippen LogP contribution in [0.5, 0.6) is 5.75 Å². The molecule has 21 heavy (non-hydrogen) atoms. The zero-order valence-corrected chi connectivity index (χ0v) is 14.7. The lowest BCUT2D eigenvalue weighted by atomic mass is 10.1. The van der Waals surface area contributed by atoms with E-state index in [0.29, 0.717) is 14.5 Å². The quantitative estimate of drug-likeness (QED) is 0.341. The van der Waals surface area contributed by atoms with Gasteiger partial charge in [-0.1, -0.05) is 0 Å². The Morgan fingerprint density at radius 1 is 1.10 bits per heavy atom. The fraction of sp³-hybridized carbons (Fsp3) is 0.286. The molecule has 114 valence electrons. The number of ether oxygens (including phenoxy) is 2. The van der Waals surface area contributed by atoms with Gasteiger partial charge in [0, 0.05) is 0 Å². The number of carbonyl (C=O) groups excluding carboxylic acids is 2. The fourth-order valence-electron chi connectivity index (χ4n) is 1.45. The molecule has 1 rings (SSSR count). The summed E-state index contributed by atoms with van der Waals surface area (Å²) in [4.78, 5) is 23.7. The van der Waals surface area contributed by atoms with Gasteiger partial charge < -0.3 is 14.6 Å². The molecule has 0 aliphatic rings. The topological polar surface area (TPSA) is 72.8 Å². The van der Waals surface area contributed by atoms with E-state index in [4.69, 9.17) is 9.47 Å². The summed E-state index contributed by atoms with van der Waals surface area (Å²) in [5.74, 6) is -1.48. The molecule has 0 amide bonds. The number of aromatic hydroxyl groups is 1. The summed E-state index contributed by atoms with van der Waals surface area (Å²) in [5.41, 5.74) is 0.325. The highest BCUT2D eigenvalue weighted by molar-refractivity contribution is 9.11. The zero-order valence-electron chi connectivity index (χ0n) is 11.5. The second kappa shape index (κ2) is 8.19. The molecule has 1 N–H and O–H groups in total. The van der Waals surface area contributed by atoms with Crippen molar-refractivity contribution in [2.45, 2.75) is 13.8 Å².